The van der Waals surface area contributed by atoms with Crippen molar-refractivity contribution in [3.05, 3.63) is 30.3 Å². The van der Waals surface area contributed by atoms with Crippen molar-refractivity contribution in [3.8, 4) is 0 Å². The molecule has 0 atom stereocenters. The number of carbonyl (C=O) groups is 2. The standard InChI is InChI=1S/C10H21NO2.C7H7NO/c1-8(2)5-6-13-11-10(12)7-9(3)4;9-6-8-7-4-2-1-3-5-7/h8-9H,5-7H2,1-4H3,(H,11,12);1-6H,(H,8,9). The first-order chi connectivity index (χ1) is 10.5. The van der Waals surface area contributed by atoms with Crippen LogP contribution in [0.2, 0.25) is 0 Å². The van der Waals surface area contributed by atoms with Crippen LogP contribution in [0.3, 0.4) is 0 Å². The average molecular weight is 308 g/mol. The van der Waals surface area contributed by atoms with E-state index in [9.17, 15) is 9.59 Å². The molecule has 0 heterocycles. The summed E-state index contributed by atoms with van der Waals surface area (Å²) in [6.07, 6.45) is 2.17. The van der Waals surface area contributed by atoms with Gasteiger partial charge in [0.1, 0.15) is 0 Å². The van der Waals surface area contributed by atoms with Gasteiger partial charge < -0.3 is 5.32 Å². The zero-order chi connectivity index (χ0) is 16.8. The molecular formula is C17H28N2O3. The fourth-order valence-electron chi connectivity index (χ4n) is 1.44. The average Bonchev–Trinajstić information content (AvgIpc) is 2.45. The number of hydrogen-bond acceptors (Lipinski definition) is 3. The summed E-state index contributed by atoms with van der Waals surface area (Å²) in [5.74, 6) is 0.967. The summed E-state index contributed by atoms with van der Waals surface area (Å²) < 4.78 is 0. The van der Waals surface area contributed by atoms with E-state index < -0.39 is 0 Å². The third kappa shape index (κ3) is 13.1. The van der Waals surface area contributed by atoms with Gasteiger partial charge in [0.2, 0.25) is 12.3 Å². The van der Waals surface area contributed by atoms with E-state index in [4.69, 9.17) is 4.84 Å². The van der Waals surface area contributed by atoms with Crippen LogP contribution in [0, 0.1) is 11.8 Å². The molecule has 0 fully saturated rings. The van der Waals surface area contributed by atoms with Gasteiger partial charge in [-0.3, -0.25) is 14.4 Å². The first-order valence-electron chi connectivity index (χ1n) is 7.61. The van der Waals surface area contributed by atoms with Gasteiger partial charge in [-0.15, -0.1) is 0 Å². The minimum Gasteiger partial charge on any atom is -0.329 e. The van der Waals surface area contributed by atoms with Gasteiger partial charge in [-0.05, 0) is 30.4 Å². The molecule has 22 heavy (non-hydrogen) atoms. The number of carbonyl (C=O) groups excluding carboxylic acids is 2. The quantitative estimate of drug-likeness (QED) is 0.439. The van der Waals surface area contributed by atoms with Crippen molar-refractivity contribution in [3.63, 3.8) is 0 Å². The van der Waals surface area contributed by atoms with Crippen molar-refractivity contribution in [2.75, 3.05) is 11.9 Å². The molecule has 0 spiro atoms. The van der Waals surface area contributed by atoms with Gasteiger partial charge in [-0.25, -0.2) is 5.48 Å². The van der Waals surface area contributed by atoms with E-state index in [1.54, 1.807) is 0 Å². The summed E-state index contributed by atoms with van der Waals surface area (Å²) in [4.78, 5) is 25.9. The van der Waals surface area contributed by atoms with E-state index in [-0.39, 0.29) is 5.91 Å². The Hall–Kier alpha value is -1.88. The predicted molar refractivity (Wildman–Crippen MR) is 89.1 cm³/mol. The smallest absolute Gasteiger partial charge is 0.243 e. The van der Waals surface area contributed by atoms with Gasteiger partial charge in [-0.1, -0.05) is 45.9 Å². The summed E-state index contributed by atoms with van der Waals surface area (Å²) in [5.41, 5.74) is 3.26. The molecule has 0 aliphatic carbocycles. The summed E-state index contributed by atoms with van der Waals surface area (Å²) in [6, 6.07) is 9.29. The molecule has 1 aromatic carbocycles. The predicted octanol–water partition coefficient (Wildman–Crippen LogP) is 3.38. The lowest BCUT2D eigenvalue weighted by Gasteiger charge is -2.08. The van der Waals surface area contributed by atoms with Crippen LogP contribution in [0.15, 0.2) is 30.3 Å². The third-order valence-corrected chi connectivity index (χ3v) is 2.58. The van der Waals surface area contributed by atoms with E-state index in [0.29, 0.717) is 31.3 Å². The molecule has 0 radical (unpaired) electrons. The molecule has 5 heteroatoms. The highest BCUT2D eigenvalue weighted by Crippen LogP contribution is 2.02. The lowest BCUT2D eigenvalue weighted by Crippen LogP contribution is -2.25. The molecule has 0 saturated carbocycles. The molecule has 2 N–H and O–H groups in total. The van der Waals surface area contributed by atoms with Gasteiger partial charge >= 0.3 is 0 Å². The Labute approximate surface area is 133 Å². The van der Waals surface area contributed by atoms with E-state index in [1.165, 1.54) is 0 Å². The van der Waals surface area contributed by atoms with Gasteiger partial charge in [0, 0.05) is 12.1 Å². The lowest BCUT2D eigenvalue weighted by atomic mass is 10.1. The second-order valence-electron chi connectivity index (χ2n) is 5.78. The molecule has 0 aliphatic heterocycles. The maximum absolute atomic E-state index is 11.1. The van der Waals surface area contributed by atoms with E-state index in [2.05, 4.69) is 24.6 Å². The molecule has 0 aliphatic rings. The van der Waals surface area contributed by atoms with Crippen LogP contribution < -0.4 is 10.8 Å². The molecule has 0 bridgehead atoms. The first kappa shape index (κ1) is 20.1. The number of benzene rings is 1. The Bertz CT molecular complexity index is 406. The third-order valence-electron chi connectivity index (χ3n) is 2.58. The van der Waals surface area contributed by atoms with Crippen molar-refractivity contribution < 1.29 is 14.4 Å². The minimum absolute atomic E-state index is 0.0289. The van der Waals surface area contributed by atoms with Crippen LogP contribution >= 0.6 is 0 Å². The topological polar surface area (TPSA) is 67.4 Å². The SMILES string of the molecule is CC(C)CCONC(=O)CC(C)C.O=CNc1ccccc1. The zero-order valence-corrected chi connectivity index (χ0v) is 14.0. The van der Waals surface area contributed by atoms with Crippen LogP contribution in [0.5, 0.6) is 0 Å². The number of para-hydroxylation sites is 1. The molecule has 1 aromatic rings. The number of anilines is 1. The van der Waals surface area contributed by atoms with Gasteiger partial charge in [-0.2, -0.15) is 0 Å². The molecule has 0 saturated heterocycles. The van der Waals surface area contributed by atoms with Crippen molar-refractivity contribution >= 4 is 18.0 Å². The molecule has 124 valence electrons. The Morgan fingerprint density at radius 2 is 1.77 bits per heavy atom. The monoisotopic (exact) mass is 308 g/mol. The summed E-state index contributed by atoms with van der Waals surface area (Å²) >= 11 is 0. The highest BCUT2D eigenvalue weighted by atomic mass is 16.6. The van der Waals surface area contributed by atoms with Crippen LogP contribution in [0.4, 0.5) is 5.69 Å². The largest absolute Gasteiger partial charge is 0.329 e. The van der Waals surface area contributed by atoms with E-state index >= 15 is 0 Å². The Morgan fingerprint density at radius 1 is 1.14 bits per heavy atom. The van der Waals surface area contributed by atoms with Crippen molar-refractivity contribution in [2.45, 2.75) is 40.5 Å². The highest BCUT2D eigenvalue weighted by Gasteiger charge is 2.03. The second-order valence-corrected chi connectivity index (χ2v) is 5.78. The van der Waals surface area contributed by atoms with Crippen LogP contribution in [-0.4, -0.2) is 18.9 Å². The summed E-state index contributed by atoms with van der Waals surface area (Å²) in [6.45, 7) is 8.86. The Balaban J connectivity index is 0.000000425. The van der Waals surface area contributed by atoms with Crippen LogP contribution in [0.1, 0.15) is 40.5 Å². The first-order valence-corrected chi connectivity index (χ1v) is 7.61. The zero-order valence-electron chi connectivity index (χ0n) is 14.0. The maximum atomic E-state index is 11.1. The lowest BCUT2D eigenvalue weighted by molar-refractivity contribution is -0.134. The normalized spacial score (nSPS) is 9.91. The maximum Gasteiger partial charge on any atom is 0.243 e. The fraction of sp³-hybridized carbons (Fsp3) is 0.529. The Kier molecular flexibility index (Phi) is 11.7. The van der Waals surface area contributed by atoms with E-state index in [1.807, 2.05) is 44.2 Å². The number of hydrogen-bond donors (Lipinski definition) is 2. The number of hydroxylamine groups is 1. The number of nitrogens with one attached hydrogen (secondary N) is 2. The molecule has 2 amide bonds. The van der Waals surface area contributed by atoms with Crippen LogP contribution in [-0.2, 0) is 14.4 Å². The number of rotatable bonds is 8. The minimum atomic E-state index is -0.0289. The number of amides is 2. The summed E-state index contributed by atoms with van der Waals surface area (Å²) in [7, 11) is 0. The van der Waals surface area contributed by atoms with Crippen molar-refractivity contribution in [1.82, 2.24) is 5.48 Å². The Morgan fingerprint density at radius 3 is 2.27 bits per heavy atom. The molecule has 1 rings (SSSR count). The second kappa shape index (κ2) is 12.8. The van der Waals surface area contributed by atoms with Gasteiger partial charge in [0.05, 0.1) is 6.61 Å². The summed E-state index contributed by atoms with van der Waals surface area (Å²) in [5, 5.41) is 2.53. The van der Waals surface area contributed by atoms with Gasteiger partial charge in [0.15, 0.2) is 0 Å². The molecule has 0 unspecified atom stereocenters. The van der Waals surface area contributed by atoms with E-state index in [0.717, 1.165) is 12.1 Å². The van der Waals surface area contributed by atoms with Crippen molar-refractivity contribution in [2.24, 2.45) is 11.8 Å². The molecular weight excluding hydrogens is 280 g/mol. The highest BCUT2D eigenvalue weighted by molar-refractivity contribution is 5.74. The molecule has 5 nitrogen and oxygen atoms in total. The van der Waals surface area contributed by atoms with Crippen LogP contribution in [0.25, 0.3) is 0 Å². The fourth-order valence-corrected chi connectivity index (χ4v) is 1.44. The van der Waals surface area contributed by atoms with Gasteiger partial charge in [0.25, 0.3) is 0 Å². The van der Waals surface area contributed by atoms with Crippen molar-refractivity contribution in [1.29, 1.82) is 0 Å². The molecule has 0 aromatic heterocycles.